The molecule has 1 N–H and O–H groups in total. The topological polar surface area (TPSA) is 21.3 Å². The van der Waals surface area contributed by atoms with E-state index in [4.69, 9.17) is 4.74 Å². The summed E-state index contributed by atoms with van der Waals surface area (Å²) in [7, 11) is 0. The molecule has 2 atom stereocenters. The summed E-state index contributed by atoms with van der Waals surface area (Å²) in [6.07, 6.45) is 4.09. The second-order valence-corrected chi connectivity index (χ2v) is 4.34. The van der Waals surface area contributed by atoms with E-state index in [1.54, 1.807) is 0 Å². The van der Waals surface area contributed by atoms with Crippen LogP contribution >= 0.6 is 0 Å². The van der Waals surface area contributed by atoms with Gasteiger partial charge >= 0.3 is 0 Å². The quantitative estimate of drug-likeness (QED) is 0.663. The summed E-state index contributed by atoms with van der Waals surface area (Å²) in [5.41, 5.74) is 0. The minimum Gasteiger partial charge on any atom is -0.377 e. The molecule has 2 nitrogen and oxygen atoms in total. The van der Waals surface area contributed by atoms with E-state index in [1.165, 1.54) is 19.3 Å². The summed E-state index contributed by atoms with van der Waals surface area (Å²) in [4.78, 5) is 0. The maximum atomic E-state index is 5.76. The van der Waals surface area contributed by atoms with E-state index < -0.39 is 0 Å². The first-order valence-corrected chi connectivity index (χ1v) is 5.59. The van der Waals surface area contributed by atoms with Crippen LogP contribution < -0.4 is 5.32 Å². The van der Waals surface area contributed by atoms with E-state index in [0.29, 0.717) is 12.1 Å². The number of hydrogen-bond donors (Lipinski definition) is 1. The second-order valence-electron chi connectivity index (χ2n) is 4.34. The predicted octanol–water partition coefficient (Wildman–Crippen LogP) is 2.19. The molecular formula is C11H23NO. The van der Waals surface area contributed by atoms with E-state index in [-0.39, 0.29) is 0 Å². The molecule has 1 aliphatic rings. The molecule has 0 spiro atoms. The fourth-order valence-electron chi connectivity index (χ4n) is 1.76. The fraction of sp³-hybridized carbons (Fsp3) is 1.00. The molecule has 1 aliphatic heterocycles. The number of nitrogens with one attached hydrogen (secondary N) is 1. The van der Waals surface area contributed by atoms with E-state index in [9.17, 15) is 0 Å². The van der Waals surface area contributed by atoms with Gasteiger partial charge in [-0.3, -0.25) is 0 Å². The Morgan fingerprint density at radius 2 is 2.23 bits per heavy atom. The Hall–Kier alpha value is -0.0800. The van der Waals surface area contributed by atoms with Crippen LogP contribution in [0, 0.1) is 5.92 Å². The number of rotatable bonds is 5. The van der Waals surface area contributed by atoms with Crippen molar-refractivity contribution in [1.29, 1.82) is 0 Å². The lowest BCUT2D eigenvalue weighted by atomic mass is 10.0. The summed E-state index contributed by atoms with van der Waals surface area (Å²) in [6, 6.07) is 0.673. The van der Waals surface area contributed by atoms with E-state index >= 15 is 0 Å². The Balaban J connectivity index is 2.10. The molecule has 0 aliphatic carbocycles. The lowest BCUT2D eigenvalue weighted by Crippen LogP contribution is -2.26. The van der Waals surface area contributed by atoms with Gasteiger partial charge in [-0.25, -0.2) is 0 Å². The van der Waals surface area contributed by atoms with Crippen LogP contribution in [0.1, 0.15) is 40.0 Å². The van der Waals surface area contributed by atoms with Crippen LogP contribution in [0.15, 0.2) is 0 Å². The highest BCUT2D eigenvalue weighted by Crippen LogP contribution is 2.16. The van der Waals surface area contributed by atoms with Crippen molar-refractivity contribution in [2.45, 2.75) is 52.2 Å². The van der Waals surface area contributed by atoms with Crippen molar-refractivity contribution in [1.82, 2.24) is 5.32 Å². The molecule has 0 aromatic rings. The van der Waals surface area contributed by atoms with Crippen LogP contribution in [-0.2, 0) is 4.74 Å². The highest BCUT2D eigenvalue weighted by Gasteiger charge is 2.26. The van der Waals surface area contributed by atoms with Crippen molar-refractivity contribution in [3.8, 4) is 0 Å². The van der Waals surface area contributed by atoms with Crippen molar-refractivity contribution >= 4 is 0 Å². The summed E-state index contributed by atoms with van der Waals surface area (Å²) < 4.78 is 5.76. The molecule has 0 amide bonds. The fourth-order valence-corrected chi connectivity index (χ4v) is 1.76. The summed E-state index contributed by atoms with van der Waals surface area (Å²) >= 11 is 0. The molecule has 0 aromatic heterocycles. The van der Waals surface area contributed by atoms with E-state index in [1.807, 2.05) is 0 Å². The Bertz CT molecular complexity index is 136. The molecule has 1 rings (SSSR count). The highest BCUT2D eigenvalue weighted by molar-refractivity contribution is 4.84. The first-order chi connectivity index (χ1) is 6.24. The van der Waals surface area contributed by atoms with Crippen LogP contribution in [0.5, 0.6) is 0 Å². The molecule has 0 radical (unpaired) electrons. The first-order valence-electron chi connectivity index (χ1n) is 5.59. The Morgan fingerprint density at radius 1 is 1.46 bits per heavy atom. The zero-order chi connectivity index (χ0) is 9.68. The van der Waals surface area contributed by atoms with Crippen molar-refractivity contribution in [3.05, 3.63) is 0 Å². The molecule has 1 saturated heterocycles. The van der Waals surface area contributed by atoms with Crippen molar-refractivity contribution in [2.24, 2.45) is 5.92 Å². The van der Waals surface area contributed by atoms with E-state index in [0.717, 1.165) is 19.1 Å². The molecule has 1 heterocycles. The number of ether oxygens (including phenoxy) is 1. The van der Waals surface area contributed by atoms with Crippen LogP contribution in [-0.4, -0.2) is 25.3 Å². The van der Waals surface area contributed by atoms with Gasteiger partial charge in [0.2, 0.25) is 0 Å². The van der Waals surface area contributed by atoms with Gasteiger partial charge in [0.25, 0.3) is 0 Å². The lowest BCUT2D eigenvalue weighted by Gasteiger charge is -2.14. The monoisotopic (exact) mass is 185 g/mol. The van der Waals surface area contributed by atoms with Crippen molar-refractivity contribution in [3.63, 3.8) is 0 Å². The van der Waals surface area contributed by atoms with Crippen molar-refractivity contribution < 1.29 is 4.74 Å². The molecule has 0 bridgehead atoms. The van der Waals surface area contributed by atoms with E-state index in [2.05, 4.69) is 26.1 Å². The molecule has 0 saturated carbocycles. The normalized spacial score (nSPS) is 28.6. The molecule has 0 unspecified atom stereocenters. The van der Waals surface area contributed by atoms with Gasteiger partial charge in [0.1, 0.15) is 0 Å². The third kappa shape index (κ3) is 3.65. The third-order valence-electron chi connectivity index (χ3n) is 2.78. The summed E-state index contributed by atoms with van der Waals surface area (Å²) in [5.74, 6) is 0.736. The average Bonchev–Trinajstić information content (AvgIpc) is 2.53. The molecule has 1 fully saturated rings. The van der Waals surface area contributed by atoms with Gasteiger partial charge in [0, 0.05) is 19.2 Å². The second kappa shape index (κ2) is 5.61. The first kappa shape index (κ1) is 11.0. The lowest BCUT2D eigenvalue weighted by molar-refractivity contribution is 0.0625. The number of unbranched alkanes of at least 4 members (excludes halogenated alkanes) is 1. The van der Waals surface area contributed by atoms with Crippen LogP contribution in [0.4, 0.5) is 0 Å². The van der Waals surface area contributed by atoms with Crippen LogP contribution in [0.3, 0.4) is 0 Å². The highest BCUT2D eigenvalue weighted by atomic mass is 16.5. The molecule has 78 valence electrons. The van der Waals surface area contributed by atoms with Crippen LogP contribution in [0.25, 0.3) is 0 Å². The Morgan fingerprint density at radius 3 is 2.77 bits per heavy atom. The standard InChI is InChI=1S/C11H23NO/c1-4-5-6-13-10-7-11(9(2)3)12-8-10/h9-12H,4-8H2,1-3H3/t10-,11-/m1/s1. The summed E-state index contributed by atoms with van der Waals surface area (Å²) in [5, 5.41) is 3.51. The molecule has 0 aromatic carbocycles. The molecular weight excluding hydrogens is 162 g/mol. The van der Waals surface area contributed by atoms with Crippen molar-refractivity contribution in [2.75, 3.05) is 13.2 Å². The Kier molecular flexibility index (Phi) is 4.74. The zero-order valence-electron chi connectivity index (χ0n) is 9.18. The molecule has 13 heavy (non-hydrogen) atoms. The van der Waals surface area contributed by atoms with Gasteiger partial charge in [-0.1, -0.05) is 27.2 Å². The maximum Gasteiger partial charge on any atom is 0.0714 e. The average molecular weight is 185 g/mol. The minimum absolute atomic E-state index is 0.471. The maximum absolute atomic E-state index is 5.76. The minimum atomic E-state index is 0.471. The van der Waals surface area contributed by atoms with Gasteiger partial charge in [-0.05, 0) is 18.8 Å². The van der Waals surface area contributed by atoms with Gasteiger partial charge < -0.3 is 10.1 Å². The molecule has 2 heteroatoms. The zero-order valence-corrected chi connectivity index (χ0v) is 9.18. The summed E-state index contributed by atoms with van der Waals surface area (Å²) in [6.45, 7) is 8.73. The van der Waals surface area contributed by atoms with Gasteiger partial charge in [-0.2, -0.15) is 0 Å². The van der Waals surface area contributed by atoms with Gasteiger partial charge in [0.05, 0.1) is 6.10 Å². The smallest absolute Gasteiger partial charge is 0.0714 e. The predicted molar refractivity (Wildman–Crippen MR) is 55.9 cm³/mol. The Labute approximate surface area is 82.0 Å². The SMILES string of the molecule is CCCCO[C@H]1CN[C@@H](C(C)C)C1. The van der Waals surface area contributed by atoms with Gasteiger partial charge in [-0.15, -0.1) is 0 Å². The van der Waals surface area contributed by atoms with Gasteiger partial charge in [0.15, 0.2) is 0 Å². The van der Waals surface area contributed by atoms with Crippen LogP contribution in [0.2, 0.25) is 0 Å². The number of hydrogen-bond acceptors (Lipinski definition) is 2. The largest absolute Gasteiger partial charge is 0.377 e. The third-order valence-corrected chi connectivity index (χ3v) is 2.78.